The molecule has 0 radical (unpaired) electrons. The zero-order valence-electron chi connectivity index (χ0n) is 15.7. The molecule has 0 spiro atoms. The van der Waals surface area contributed by atoms with Crippen molar-refractivity contribution in [2.75, 3.05) is 10.2 Å². The molecular weight excluding hydrogens is 346 g/mol. The highest BCUT2D eigenvalue weighted by Gasteiger charge is 2.13. The maximum Gasteiger partial charge on any atom is 0.249 e. The van der Waals surface area contributed by atoms with Gasteiger partial charge >= 0.3 is 0 Å². The van der Waals surface area contributed by atoms with Gasteiger partial charge in [0.15, 0.2) is 5.82 Å². The Labute approximate surface area is 164 Å². The Morgan fingerprint density at radius 2 is 1.50 bits per heavy atom. The molecule has 1 heterocycles. The summed E-state index contributed by atoms with van der Waals surface area (Å²) < 4.78 is 0. The van der Waals surface area contributed by atoms with E-state index in [2.05, 4.69) is 51.6 Å². The van der Waals surface area contributed by atoms with E-state index in [0.29, 0.717) is 12.5 Å². The second-order valence-corrected chi connectivity index (χ2v) is 6.54. The lowest BCUT2D eigenvalue weighted by atomic mass is 10.2. The summed E-state index contributed by atoms with van der Waals surface area (Å²) in [6, 6.07) is 28.6. The Bertz CT molecular complexity index is 1020. The molecule has 3 aromatic carbocycles. The van der Waals surface area contributed by atoms with Crippen LogP contribution < -0.4 is 10.2 Å². The molecule has 4 rings (SSSR count). The van der Waals surface area contributed by atoms with Crippen LogP contribution in [0.25, 0.3) is 0 Å². The number of nitrogens with zero attached hydrogens (tertiary/aromatic N) is 4. The summed E-state index contributed by atoms with van der Waals surface area (Å²) in [5.41, 5.74) is 4.38. The summed E-state index contributed by atoms with van der Waals surface area (Å²) in [5, 5.41) is 11.5. The Hall–Kier alpha value is -3.73. The number of para-hydroxylation sites is 1. The maximum absolute atomic E-state index is 4.70. The fraction of sp³-hybridized carbons (Fsp3) is 0.0870. The summed E-state index contributed by atoms with van der Waals surface area (Å²) >= 11 is 0. The maximum atomic E-state index is 4.70. The summed E-state index contributed by atoms with van der Waals surface area (Å²) in [6.45, 7) is 2.75. The predicted molar refractivity (Wildman–Crippen MR) is 113 cm³/mol. The lowest BCUT2D eigenvalue weighted by Crippen LogP contribution is -2.18. The molecule has 0 amide bonds. The van der Waals surface area contributed by atoms with Gasteiger partial charge in [0, 0.05) is 17.9 Å². The van der Waals surface area contributed by atoms with Crippen molar-refractivity contribution in [3.63, 3.8) is 0 Å². The van der Waals surface area contributed by atoms with Gasteiger partial charge in [-0.3, -0.25) is 0 Å². The third-order valence-electron chi connectivity index (χ3n) is 4.38. The molecule has 1 aromatic heterocycles. The fourth-order valence-corrected chi connectivity index (χ4v) is 2.92. The highest BCUT2D eigenvalue weighted by Crippen LogP contribution is 2.26. The minimum atomic E-state index is 0.468. The lowest BCUT2D eigenvalue weighted by molar-refractivity contribution is 0.900. The quantitative estimate of drug-likeness (QED) is 0.504. The highest BCUT2D eigenvalue weighted by atomic mass is 15.3. The first-order valence-corrected chi connectivity index (χ1v) is 9.18. The topological polar surface area (TPSA) is 53.9 Å². The second-order valence-electron chi connectivity index (χ2n) is 6.54. The number of anilines is 4. The molecule has 4 aromatic rings. The van der Waals surface area contributed by atoms with Crippen molar-refractivity contribution in [2.45, 2.75) is 13.5 Å². The molecule has 1 N–H and O–H groups in total. The molecule has 0 unspecified atom stereocenters. The van der Waals surface area contributed by atoms with E-state index in [1.54, 1.807) is 6.20 Å². The number of hydrogen-bond acceptors (Lipinski definition) is 5. The van der Waals surface area contributed by atoms with Gasteiger partial charge in [0.1, 0.15) is 0 Å². The number of nitrogens with one attached hydrogen (secondary N) is 1. The van der Waals surface area contributed by atoms with Gasteiger partial charge in [-0.1, -0.05) is 66.2 Å². The SMILES string of the molecule is Cc1ccc(Nc2nncc(N(Cc3ccccc3)c3ccccc3)n2)cc1. The number of aromatic nitrogens is 3. The zero-order chi connectivity index (χ0) is 19.2. The summed E-state index contributed by atoms with van der Waals surface area (Å²) in [7, 11) is 0. The van der Waals surface area contributed by atoms with Crippen LogP contribution in [0.2, 0.25) is 0 Å². The monoisotopic (exact) mass is 367 g/mol. The highest BCUT2D eigenvalue weighted by molar-refractivity contribution is 5.61. The van der Waals surface area contributed by atoms with Crippen LogP contribution >= 0.6 is 0 Å². The van der Waals surface area contributed by atoms with E-state index in [4.69, 9.17) is 4.98 Å². The van der Waals surface area contributed by atoms with Crippen LogP contribution in [0.1, 0.15) is 11.1 Å². The van der Waals surface area contributed by atoms with E-state index in [9.17, 15) is 0 Å². The van der Waals surface area contributed by atoms with Crippen LogP contribution in [0.15, 0.2) is 91.1 Å². The van der Waals surface area contributed by atoms with Crippen molar-refractivity contribution >= 4 is 23.1 Å². The molecule has 0 fully saturated rings. The van der Waals surface area contributed by atoms with Gasteiger partial charge in [-0.15, -0.1) is 5.10 Å². The minimum Gasteiger partial charge on any atom is -0.323 e. The van der Waals surface area contributed by atoms with Crippen LogP contribution in [-0.4, -0.2) is 15.2 Å². The number of aryl methyl sites for hydroxylation is 1. The standard InChI is InChI=1S/C23H21N5/c1-18-12-14-20(15-13-18)25-23-26-22(16-24-27-23)28(21-10-6-3-7-11-21)17-19-8-4-2-5-9-19/h2-16H,17H2,1H3,(H,25,26,27). The molecule has 5 nitrogen and oxygen atoms in total. The van der Waals surface area contributed by atoms with Crippen LogP contribution in [0, 0.1) is 6.92 Å². The molecule has 0 saturated heterocycles. The van der Waals surface area contributed by atoms with Crippen molar-refractivity contribution in [3.05, 3.63) is 102 Å². The van der Waals surface area contributed by atoms with Crippen molar-refractivity contribution in [1.82, 2.24) is 15.2 Å². The van der Waals surface area contributed by atoms with Crippen molar-refractivity contribution in [3.8, 4) is 0 Å². The third-order valence-corrected chi connectivity index (χ3v) is 4.38. The minimum absolute atomic E-state index is 0.468. The molecule has 0 atom stereocenters. The number of benzene rings is 3. The van der Waals surface area contributed by atoms with Crippen LogP contribution in [0.5, 0.6) is 0 Å². The number of hydrogen-bond donors (Lipinski definition) is 1. The van der Waals surface area contributed by atoms with E-state index in [1.165, 1.54) is 11.1 Å². The van der Waals surface area contributed by atoms with E-state index >= 15 is 0 Å². The van der Waals surface area contributed by atoms with E-state index in [1.807, 2.05) is 60.7 Å². The molecule has 138 valence electrons. The third kappa shape index (κ3) is 4.32. The molecule has 28 heavy (non-hydrogen) atoms. The molecule has 0 aliphatic carbocycles. The van der Waals surface area contributed by atoms with E-state index in [0.717, 1.165) is 17.2 Å². The van der Waals surface area contributed by atoms with Crippen LogP contribution in [-0.2, 0) is 6.54 Å². The average molecular weight is 367 g/mol. The van der Waals surface area contributed by atoms with Gasteiger partial charge in [0.25, 0.3) is 0 Å². The smallest absolute Gasteiger partial charge is 0.249 e. The Morgan fingerprint density at radius 3 is 2.21 bits per heavy atom. The lowest BCUT2D eigenvalue weighted by Gasteiger charge is -2.24. The fourth-order valence-electron chi connectivity index (χ4n) is 2.92. The normalized spacial score (nSPS) is 10.5. The Balaban J connectivity index is 1.65. The van der Waals surface area contributed by atoms with Gasteiger partial charge in [0.05, 0.1) is 6.20 Å². The Kier molecular flexibility index (Phi) is 5.24. The summed E-state index contributed by atoms with van der Waals surface area (Å²) in [4.78, 5) is 6.83. The second kappa shape index (κ2) is 8.31. The molecule has 5 heteroatoms. The van der Waals surface area contributed by atoms with Gasteiger partial charge < -0.3 is 10.2 Å². The zero-order valence-corrected chi connectivity index (χ0v) is 15.7. The van der Waals surface area contributed by atoms with Gasteiger partial charge in [-0.05, 0) is 36.8 Å². The van der Waals surface area contributed by atoms with Crippen LogP contribution in [0.3, 0.4) is 0 Å². The molecular formula is C23H21N5. The predicted octanol–water partition coefficient (Wildman–Crippen LogP) is 5.26. The van der Waals surface area contributed by atoms with Crippen molar-refractivity contribution < 1.29 is 0 Å². The van der Waals surface area contributed by atoms with E-state index in [-0.39, 0.29) is 0 Å². The van der Waals surface area contributed by atoms with Crippen molar-refractivity contribution in [1.29, 1.82) is 0 Å². The van der Waals surface area contributed by atoms with Crippen LogP contribution in [0.4, 0.5) is 23.1 Å². The number of rotatable bonds is 6. The largest absolute Gasteiger partial charge is 0.323 e. The summed E-state index contributed by atoms with van der Waals surface area (Å²) in [6.07, 6.45) is 1.69. The van der Waals surface area contributed by atoms with Gasteiger partial charge in [-0.2, -0.15) is 10.1 Å². The average Bonchev–Trinajstić information content (AvgIpc) is 2.75. The molecule has 0 saturated carbocycles. The first-order valence-electron chi connectivity index (χ1n) is 9.18. The van der Waals surface area contributed by atoms with E-state index < -0.39 is 0 Å². The summed E-state index contributed by atoms with van der Waals surface area (Å²) in [5.74, 6) is 1.20. The molecule has 0 bridgehead atoms. The van der Waals surface area contributed by atoms with Gasteiger partial charge in [0.2, 0.25) is 5.95 Å². The Morgan fingerprint density at radius 1 is 0.821 bits per heavy atom. The molecule has 0 aliphatic rings. The first-order chi connectivity index (χ1) is 13.8. The van der Waals surface area contributed by atoms with Crippen molar-refractivity contribution in [2.24, 2.45) is 0 Å². The molecule has 0 aliphatic heterocycles. The van der Waals surface area contributed by atoms with Gasteiger partial charge in [-0.25, -0.2) is 0 Å². The first kappa shape index (κ1) is 17.7.